The number of carbonyl (C=O) groups excluding carboxylic acids is 2. The van der Waals surface area contributed by atoms with Crippen molar-refractivity contribution in [1.82, 2.24) is 10.2 Å². The molecule has 0 fully saturated rings. The molecule has 1 aromatic rings. The van der Waals surface area contributed by atoms with Gasteiger partial charge in [-0.25, -0.2) is 0 Å². The second-order valence-electron chi connectivity index (χ2n) is 4.36. The molecule has 0 aliphatic carbocycles. The van der Waals surface area contributed by atoms with Crippen LogP contribution >= 0.6 is 15.9 Å². The van der Waals surface area contributed by atoms with Gasteiger partial charge in [-0.3, -0.25) is 9.59 Å². The number of amides is 2. The monoisotopic (exact) mass is 342 g/mol. The van der Waals surface area contributed by atoms with E-state index in [2.05, 4.69) is 21.2 Å². The Morgan fingerprint density at radius 3 is 2.65 bits per heavy atom. The van der Waals surface area contributed by atoms with Crippen LogP contribution in [-0.2, 0) is 4.79 Å². The molecule has 110 valence electrons. The number of nitrogens with zero attached hydrogens (tertiary/aromatic N) is 1. The zero-order valence-electron chi connectivity index (χ0n) is 11.9. The van der Waals surface area contributed by atoms with Crippen molar-refractivity contribution in [3.05, 3.63) is 28.2 Å². The van der Waals surface area contributed by atoms with Crippen LogP contribution in [0.15, 0.2) is 22.7 Å². The zero-order chi connectivity index (χ0) is 15.1. The summed E-state index contributed by atoms with van der Waals surface area (Å²) >= 11 is 3.33. The van der Waals surface area contributed by atoms with E-state index in [9.17, 15) is 9.59 Å². The van der Waals surface area contributed by atoms with E-state index in [4.69, 9.17) is 4.74 Å². The van der Waals surface area contributed by atoms with Crippen LogP contribution in [0, 0.1) is 0 Å². The van der Waals surface area contributed by atoms with Crippen molar-refractivity contribution in [2.45, 2.75) is 13.3 Å². The van der Waals surface area contributed by atoms with Gasteiger partial charge in [-0.05, 0) is 40.5 Å². The summed E-state index contributed by atoms with van der Waals surface area (Å²) in [7, 11) is 3.16. The second kappa shape index (κ2) is 7.89. The molecule has 1 N–H and O–H groups in total. The second-order valence-corrected chi connectivity index (χ2v) is 5.21. The highest BCUT2D eigenvalue weighted by molar-refractivity contribution is 9.10. The van der Waals surface area contributed by atoms with E-state index in [-0.39, 0.29) is 18.4 Å². The number of hydrogen-bond donors (Lipinski definition) is 1. The van der Waals surface area contributed by atoms with Crippen LogP contribution < -0.4 is 10.1 Å². The van der Waals surface area contributed by atoms with Crippen LogP contribution in [0.5, 0.6) is 5.75 Å². The maximum absolute atomic E-state index is 12.2. The van der Waals surface area contributed by atoms with Gasteiger partial charge < -0.3 is 15.0 Å². The first-order valence-electron chi connectivity index (χ1n) is 6.35. The zero-order valence-corrected chi connectivity index (χ0v) is 13.5. The number of hydrogen-bond acceptors (Lipinski definition) is 3. The Morgan fingerprint density at radius 1 is 1.40 bits per heavy atom. The number of methoxy groups -OCH3 is 1. The smallest absolute Gasteiger partial charge is 0.254 e. The molecule has 6 heteroatoms. The predicted molar refractivity (Wildman–Crippen MR) is 81.0 cm³/mol. The predicted octanol–water partition coefficient (Wildman–Crippen LogP) is 2.06. The summed E-state index contributed by atoms with van der Waals surface area (Å²) in [5.74, 6) is 0.292. The molecule has 0 radical (unpaired) electrons. The van der Waals surface area contributed by atoms with Crippen LogP contribution in [0.1, 0.15) is 23.7 Å². The van der Waals surface area contributed by atoms with E-state index in [0.29, 0.717) is 22.3 Å². The first-order valence-corrected chi connectivity index (χ1v) is 7.14. The standard InChI is InChI=1S/C14H19BrN2O3/c1-4-7-16-13(18)9-17(2)14(19)10-5-6-12(20-3)11(15)8-10/h5-6,8H,4,7,9H2,1-3H3,(H,16,18). The molecule has 1 aromatic carbocycles. The van der Waals surface area contributed by atoms with Gasteiger partial charge in [-0.15, -0.1) is 0 Å². The van der Waals surface area contributed by atoms with E-state index in [1.807, 2.05) is 6.92 Å². The van der Waals surface area contributed by atoms with E-state index in [1.54, 1.807) is 32.4 Å². The number of halogens is 1. The van der Waals surface area contributed by atoms with Crippen LogP contribution in [-0.4, -0.2) is 44.0 Å². The number of rotatable bonds is 6. The average molecular weight is 343 g/mol. The highest BCUT2D eigenvalue weighted by Crippen LogP contribution is 2.25. The third-order valence-electron chi connectivity index (χ3n) is 2.70. The summed E-state index contributed by atoms with van der Waals surface area (Å²) in [4.78, 5) is 25.2. The van der Waals surface area contributed by atoms with Gasteiger partial charge in [0.1, 0.15) is 5.75 Å². The molecule has 2 amide bonds. The van der Waals surface area contributed by atoms with Crippen molar-refractivity contribution in [2.24, 2.45) is 0 Å². The summed E-state index contributed by atoms with van der Waals surface area (Å²) in [6.45, 7) is 2.64. The highest BCUT2D eigenvalue weighted by Gasteiger charge is 2.15. The molecule has 0 aliphatic heterocycles. The Morgan fingerprint density at radius 2 is 2.10 bits per heavy atom. The number of ether oxygens (including phenoxy) is 1. The Balaban J connectivity index is 2.69. The minimum absolute atomic E-state index is 0.0441. The molecule has 0 unspecified atom stereocenters. The lowest BCUT2D eigenvalue weighted by atomic mass is 10.2. The minimum atomic E-state index is -0.208. The molecule has 0 heterocycles. The summed E-state index contributed by atoms with van der Waals surface area (Å²) in [5, 5.41) is 2.74. The Labute approximate surface area is 127 Å². The van der Waals surface area contributed by atoms with Crippen molar-refractivity contribution in [3.63, 3.8) is 0 Å². The molecule has 20 heavy (non-hydrogen) atoms. The van der Waals surface area contributed by atoms with E-state index in [1.165, 1.54) is 4.90 Å². The van der Waals surface area contributed by atoms with Crippen LogP contribution in [0.3, 0.4) is 0 Å². The SMILES string of the molecule is CCCNC(=O)CN(C)C(=O)c1ccc(OC)c(Br)c1. The third kappa shape index (κ3) is 4.52. The van der Waals surface area contributed by atoms with Crippen molar-refractivity contribution >= 4 is 27.7 Å². The molecule has 0 atom stereocenters. The molecule has 0 bridgehead atoms. The molecule has 0 aromatic heterocycles. The van der Waals surface area contributed by atoms with Gasteiger partial charge in [0.2, 0.25) is 5.91 Å². The van der Waals surface area contributed by atoms with Crippen molar-refractivity contribution < 1.29 is 14.3 Å². The normalized spacial score (nSPS) is 10.0. The van der Waals surface area contributed by atoms with Gasteiger partial charge in [0.15, 0.2) is 0 Å². The summed E-state index contributed by atoms with van der Waals surface area (Å²) in [6, 6.07) is 5.07. The molecule has 5 nitrogen and oxygen atoms in total. The lowest BCUT2D eigenvalue weighted by molar-refractivity contribution is -0.121. The number of nitrogens with one attached hydrogen (secondary N) is 1. The van der Waals surface area contributed by atoms with Crippen LogP contribution in [0.4, 0.5) is 0 Å². The quantitative estimate of drug-likeness (QED) is 0.860. The van der Waals surface area contributed by atoms with Crippen molar-refractivity contribution in [2.75, 3.05) is 27.2 Å². The molecular weight excluding hydrogens is 324 g/mol. The first-order chi connectivity index (χ1) is 9.49. The minimum Gasteiger partial charge on any atom is -0.496 e. The van der Waals surface area contributed by atoms with Gasteiger partial charge in [-0.2, -0.15) is 0 Å². The summed E-state index contributed by atoms with van der Waals surface area (Å²) in [6.07, 6.45) is 0.870. The Hall–Kier alpha value is -1.56. The largest absolute Gasteiger partial charge is 0.496 e. The Kier molecular flexibility index (Phi) is 6.51. The van der Waals surface area contributed by atoms with Gasteiger partial charge in [0.05, 0.1) is 18.1 Å². The fourth-order valence-electron chi connectivity index (χ4n) is 1.63. The lowest BCUT2D eigenvalue weighted by Crippen LogP contribution is -2.38. The van der Waals surface area contributed by atoms with Gasteiger partial charge in [-0.1, -0.05) is 6.92 Å². The number of benzene rings is 1. The summed E-state index contributed by atoms with van der Waals surface area (Å²) in [5.41, 5.74) is 0.503. The number of carbonyl (C=O) groups is 2. The first kappa shape index (κ1) is 16.5. The van der Waals surface area contributed by atoms with Crippen molar-refractivity contribution in [1.29, 1.82) is 0 Å². The molecule has 1 rings (SSSR count). The van der Waals surface area contributed by atoms with E-state index < -0.39 is 0 Å². The van der Waals surface area contributed by atoms with Gasteiger partial charge in [0.25, 0.3) is 5.91 Å². The fraction of sp³-hybridized carbons (Fsp3) is 0.429. The lowest BCUT2D eigenvalue weighted by Gasteiger charge is -2.17. The topological polar surface area (TPSA) is 58.6 Å². The number of likely N-dealkylation sites (N-methyl/N-ethyl adjacent to an activating group) is 1. The maximum Gasteiger partial charge on any atom is 0.254 e. The molecule has 0 saturated heterocycles. The fourth-order valence-corrected chi connectivity index (χ4v) is 2.17. The van der Waals surface area contributed by atoms with E-state index >= 15 is 0 Å². The summed E-state index contributed by atoms with van der Waals surface area (Å²) < 4.78 is 5.82. The van der Waals surface area contributed by atoms with Crippen LogP contribution in [0.25, 0.3) is 0 Å². The van der Waals surface area contributed by atoms with Gasteiger partial charge >= 0.3 is 0 Å². The Bertz CT molecular complexity index is 491. The van der Waals surface area contributed by atoms with Crippen molar-refractivity contribution in [3.8, 4) is 5.75 Å². The van der Waals surface area contributed by atoms with Crippen LogP contribution in [0.2, 0.25) is 0 Å². The molecule has 0 spiro atoms. The molecule has 0 saturated carbocycles. The molecular formula is C14H19BrN2O3. The maximum atomic E-state index is 12.2. The van der Waals surface area contributed by atoms with E-state index in [0.717, 1.165) is 6.42 Å². The van der Waals surface area contributed by atoms with Gasteiger partial charge in [0, 0.05) is 19.2 Å². The highest BCUT2D eigenvalue weighted by atomic mass is 79.9. The average Bonchev–Trinajstić information content (AvgIpc) is 2.44. The third-order valence-corrected chi connectivity index (χ3v) is 3.32. The molecule has 0 aliphatic rings.